The average Bonchev–Trinajstić information content (AvgIpc) is 2.61. The summed E-state index contributed by atoms with van der Waals surface area (Å²) in [7, 11) is 1.66. The molecule has 0 aliphatic heterocycles. The molecule has 4 nitrogen and oxygen atoms in total. The van der Waals surface area contributed by atoms with E-state index in [1.165, 1.54) is 10.7 Å². The van der Waals surface area contributed by atoms with Crippen molar-refractivity contribution in [2.75, 3.05) is 0 Å². The summed E-state index contributed by atoms with van der Waals surface area (Å²) in [6.45, 7) is 0. The third-order valence-corrected chi connectivity index (χ3v) is 1.67. The van der Waals surface area contributed by atoms with Crippen LogP contribution in [-0.4, -0.2) is 9.78 Å². The molecule has 0 radical (unpaired) electrons. The lowest BCUT2D eigenvalue weighted by atomic mass is 10.3. The first-order valence-corrected chi connectivity index (χ1v) is 3.57. The molecule has 4 heteroatoms. The summed E-state index contributed by atoms with van der Waals surface area (Å²) in [6, 6.07) is 5.07. The van der Waals surface area contributed by atoms with Crippen LogP contribution in [0.15, 0.2) is 33.7 Å². The molecule has 62 valence electrons. The van der Waals surface area contributed by atoms with Crippen molar-refractivity contribution in [1.29, 1.82) is 0 Å². The first-order valence-electron chi connectivity index (χ1n) is 3.57. The van der Waals surface area contributed by atoms with Crippen molar-refractivity contribution in [3.63, 3.8) is 0 Å². The number of aryl methyl sites for hydroxylation is 1. The normalized spacial score (nSPS) is 10.4. The molecule has 0 saturated carbocycles. The van der Waals surface area contributed by atoms with E-state index in [9.17, 15) is 4.79 Å². The molecule has 0 aliphatic rings. The van der Waals surface area contributed by atoms with Crippen LogP contribution in [0.1, 0.15) is 0 Å². The summed E-state index contributed by atoms with van der Waals surface area (Å²) < 4.78 is 6.51. The van der Waals surface area contributed by atoms with E-state index in [2.05, 4.69) is 5.10 Å². The van der Waals surface area contributed by atoms with Crippen molar-refractivity contribution in [2.45, 2.75) is 0 Å². The highest BCUT2D eigenvalue weighted by Gasteiger charge is 2.03. The number of nitrogens with one attached hydrogen (secondary N) is 1. The summed E-state index contributed by atoms with van der Waals surface area (Å²) in [6.07, 6.45) is 1.57. The van der Waals surface area contributed by atoms with E-state index in [0.717, 1.165) is 0 Å². The van der Waals surface area contributed by atoms with Gasteiger partial charge in [-0.05, 0) is 12.1 Å². The standard InChI is InChI=1S/C8H8N2O2/c1-10-8(11)5-6(9-10)7-3-2-4-12-7/h2-5,9H,1H3. The Morgan fingerprint density at radius 1 is 1.58 bits per heavy atom. The van der Waals surface area contributed by atoms with E-state index < -0.39 is 0 Å². The smallest absolute Gasteiger partial charge is 0.266 e. The fraction of sp³-hybridized carbons (Fsp3) is 0.125. The summed E-state index contributed by atoms with van der Waals surface area (Å²) in [5.74, 6) is 0.674. The van der Waals surface area contributed by atoms with Gasteiger partial charge in [-0.3, -0.25) is 14.6 Å². The monoisotopic (exact) mass is 164 g/mol. The van der Waals surface area contributed by atoms with Gasteiger partial charge in [-0.1, -0.05) is 0 Å². The molecule has 0 saturated heterocycles. The van der Waals surface area contributed by atoms with Gasteiger partial charge in [-0.15, -0.1) is 0 Å². The van der Waals surface area contributed by atoms with Gasteiger partial charge >= 0.3 is 0 Å². The van der Waals surface area contributed by atoms with Gasteiger partial charge in [0, 0.05) is 13.1 Å². The topological polar surface area (TPSA) is 50.9 Å². The lowest BCUT2D eigenvalue weighted by Gasteiger charge is -1.89. The molecule has 12 heavy (non-hydrogen) atoms. The Hall–Kier alpha value is -1.71. The Bertz CT molecular complexity index is 422. The first-order chi connectivity index (χ1) is 5.77. The van der Waals surface area contributed by atoms with Crippen LogP contribution in [0.4, 0.5) is 0 Å². The van der Waals surface area contributed by atoms with E-state index >= 15 is 0 Å². The lowest BCUT2D eigenvalue weighted by molar-refractivity contribution is 0.577. The Morgan fingerprint density at radius 2 is 2.42 bits per heavy atom. The van der Waals surface area contributed by atoms with Gasteiger partial charge < -0.3 is 4.42 Å². The summed E-state index contributed by atoms with van der Waals surface area (Å²) >= 11 is 0. The second-order valence-corrected chi connectivity index (χ2v) is 2.54. The van der Waals surface area contributed by atoms with E-state index in [4.69, 9.17) is 4.42 Å². The molecule has 0 atom stereocenters. The minimum atomic E-state index is -0.0681. The molecule has 2 aromatic rings. The molecule has 0 spiro atoms. The Morgan fingerprint density at radius 3 is 2.92 bits per heavy atom. The van der Waals surface area contributed by atoms with E-state index in [1.807, 2.05) is 0 Å². The van der Waals surface area contributed by atoms with Crippen LogP contribution in [-0.2, 0) is 7.05 Å². The summed E-state index contributed by atoms with van der Waals surface area (Å²) in [4.78, 5) is 11.0. The van der Waals surface area contributed by atoms with Crippen molar-refractivity contribution < 1.29 is 4.42 Å². The number of hydrogen-bond acceptors (Lipinski definition) is 2. The molecule has 2 rings (SSSR count). The molecule has 0 amide bonds. The predicted octanol–water partition coefficient (Wildman–Crippen LogP) is 0.973. The number of rotatable bonds is 1. The molecule has 0 fully saturated rings. The van der Waals surface area contributed by atoms with Crippen molar-refractivity contribution in [3.05, 3.63) is 34.8 Å². The van der Waals surface area contributed by atoms with Crippen LogP contribution >= 0.6 is 0 Å². The number of hydrogen-bond donors (Lipinski definition) is 1. The molecular formula is C8H8N2O2. The van der Waals surface area contributed by atoms with Gasteiger partial charge in [-0.2, -0.15) is 0 Å². The Kier molecular flexibility index (Phi) is 1.40. The number of H-pyrrole nitrogens is 1. The van der Waals surface area contributed by atoms with Crippen LogP contribution in [0.2, 0.25) is 0 Å². The SMILES string of the molecule is Cn1[nH]c(-c2ccco2)cc1=O. The Balaban J connectivity index is 2.56. The molecular weight excluding hydrogens is 156 g/mol. The maximum Gasteiger partial charge on any atom is 0.266 e. The molecule has 1 N–H and O–H groups in total. The molecule has 2 aromatic heterocycles. The zero-order valence-electron chi connectivity index (χ0n) is 6.57. The van der Waals surface area contributed by atoms with Crippen LogP contribution < -0.4 is 5.56 Å². The number of nitrogens with zero attached hydrogens (tertiary/aromatic N) is 1. The van der Waals surface area contributed by atoms with Crippen LogP contribution in [0.25, 0.3) is 11.5 Å². The quantitative estimate of drug-likeness (QED) is 0.682. The molecule has 0 bridgehead atoms. The van der Waals surface area contributed by atoms with Crippen molar-refractivity contribution in [3.8, 4) is 11.5 Å². The first kappa shape index (κ1) is 6.97. The predicted molar refractivity (Wildman–Crippen MR) is 43.7 cm³/mol. The molecule has 0 aliphatic carbocycles. The third-order valence-electron chi connectivity index (χ3n) is 1.67. The average molecular weight is 164 g/mol. The highest BCUT2D eigenvalue weighted by molar-refractivity contribution is 5.50. The second-order valence-electron chi connectivity index (χ2n) is 2.54. The van der Waals surface area contributed by atoms with Gasteiger partial charge in [0.2, 0.25) is 0 Å². The van der Waals surface area contributed by atoms with Gasteiger partial charge in [0.25, 0.3) is 5.56 Å². The number of furan rings is 1. The fourth-order valence-electron chi connectivity index (χ4n) is 1.05. The third kappa shape index (κ3) is 0.972. The summed E-state index contributed by atoms with van der Waals surface area (Å²) in [5, 5.41) is 2.86. The maximum absolute atomic E-state index is 11.0. The molecule has 0 aromatic carbocycles. The highest BCUT2D eigenvalue weighted by Crippen LogP contribution is 2.14. The molecule has 2 heterocycles. The minimum Gasteiger partial charge on any atom is -0.463 e. The van der Waals surface area contributed by atoms with Crippen LogP contribution in [0.3, 0.4) is 0 Å². The van der Waals surface area contributed by atoms with Crippen molar-refractivity contribution in [2.24, 2.45) is 7.05 Å². The van der Waals surface area contributed by atoms with Crippen molar-refractivity contribution >= 4 is 0 Å². The van der Waals surface area contributed by atoms with E-state index in [-0.39, 0.29) is 5.56 Å². The van der Waals surface area contributed by atoms with Crippen molar-refractivity contribution in [1.82, 2.24) is 9.78 Å². The lowest BCUT2D eigenvalue weighted by Crippen LogP contribution is -2.09. The van der Waals surface area contributed by atoms with E-state index in [1.54, 1.807) is 25.4 Å². The minimum absolute atomic E-state index is 0.0681. The number of aromatic amines is 1. The van der Waals surface area contributed by atoms with Crippen LogP contribution in [0.5, 0.6) is 0 Å². The van der Waals surface area contributed by atoms with Gasteiger partial charge in [0.05, 0.1) is 6.26 Å². The largest absolute Gasteiger partial charge is 0.463 e. The van der Waals surface area contributed by atoms with Gasteiger partial charge in [0.15, 0.2) is 5.76 Å². The van der Waals surface area contributed by atoms with Gasteiger partial charge in [-0.25, -0.2) is 0 Å². The van der Waals surface area contributed by atoms with E-state index in [0.29, 0.717) is 11.5 Å². The fourth-order valence-corrected chi connectivity index (χ4v) is 1.05. The highest BCUT2D eigenvalue weighted by atomic mass is 16.3. The second kappa shape index (κ2) is 2.41. The molecule has 0 unspecified atom stereocenters. The maximum atomic E-state index is 11.0. The Labute approximate surface area is 68.4 Å². The summed E-state index contributed by atoms with van der Waals surface area (Å²) in [5.41, 5.74) is 0.633. The van der Waals surface area contributed by atoms with Gasteiger partial charge in [0.1, 0.15) is 5.69 Å². The zero-order valence-corrected chi connectivity index (χ0v) is 6.57. The number of aromatic nitrogens is 2. The zero-order chi connectivity index (χ0) is 8.55. The van der Waals surface area contributed by atoms with Crippen LogP contribution in [0, 0.1) is 0 Å².